The van der Waals surface area contributed by atoms with E-state index in [1.807, 2.05) is 35.2 Å². The van der Waals surface area contributed by atoms with E-state index in [2.05, 4.69) is 9.88 Å². The van der Waals surface area contributed by atoms with Crippen LogP contribution in [0.25, 0.3) is 0 Å². The average Bonchev–Trinajstić information content (AvgIpc) is 3.23. The number of piperidine rings is 1. The number of anilines is 1. The summed E-state index contributed by atoms with van der Waals surface area (Å²) in [5.74, 6) is -1.03. The number of pyridine rings is 1. The molecule has 2 aromatic rings. The van der Waals surface area contributed by atoms with Gasteiger partial charge in [-0.15, -0.1) is 0 Å². The molecule has 0 radical (unpaired) electrons. The third-order valence-corrected chi connectivity index (χ3v) is 5.33. The normalized spacial score (nSPS) is 27.0. The summed E-state index contributed by atoms with van der Waals surface area (Å²) in [4.78, 5) is 8.40. The molecule has 128 valence electrons. The predicted octanol–water partition coefficient (Wildman–Crippen LogP) is 3.41. The molecule has 0 aromatic carbocycles. The molecule has 2 aliphatic heterocycles. The molecular formula is C18H21F2N3O. The van der Waals surface area contributed by atoms with Gasteiger partial charge in [-0.1, -0.05) is 6.07 Å². The third-order valence-electron chi connectivity index (χ3n) is 5.33. The van der Waals surface area contributed by atoms with Crippen LogP contribution in [-0.2, 0) is 6.54 Å². The number of alkyl halides is 2. The lowest BCUT2D eigenvalue weighted by molar-refractivity contribution is -0.159. The van der Waals surface area contributed by atoms with Crippen molar-refractivity contribution in [2.45, 2.75) is 25.3 Å². The lowest BCUT2D eigenvalue weighted by Gasteiger charge is -2.45. The van der Waals surface area contributed by atoms with Gasteiger partial charge in [0, 0.05) is 38.8 Å². The molecule has 4 heterocycles. The zero-order valence-corrected chi connectivity index (χ0v) is 13.5. The first-order valence-electron chi connectivity index (χ1n) is 8.37. The van der Waals surface area contributed by atoms with Gasteiger partial charge in [0.2, 0.25) is 0 Å². The lowest BCUT2D eigenvalue weighted by atomic mass is 9.75. The fourth-order valence-electron chi connectivity index (χ4n) is 3.98. The Morgan fingerprint density at radius 1 is 1.08 bits per heavy atom. The Labute approximate surface area is 140 Å². The largest absolute Gasteiger partial charge is 0.468 e. The van der Waals surface area contributed by atoms with Crippen LogP contribution in [0.1, 0.15) is 18.6 Å². The van der Waals surface area contributed by atoms with Gasteiger partial charge >= 0.3 is 0 Å². The number of likely N-dealkylation sites (tertiary alicyclic amines) is 1. The van der Waals surface area contributed by atoms with Crippen molar-refractivity contribution in [3.8, 4) is 0 Å². The highest BCUT2D eigenvalue weighted by atomic mass is 19.3. The minimum Gasteiger partial charge on any atom is -0.468 e. The van der Waals surface area contributed by atoms with Gasteiger partial charge in [0.15, 0.2) is 0 Å². The molecule has 2 fully saturated rings. The van der Waals surface area contributed by atoms with Crippen molar-refractivity contribution in [1.82, 2.24) is 9.88 Å². The molecule has 6 heteroatoms. The molecule has 0 N–H and O–H groups in total. The first kappa shape index (κ1) is 15.6. The van der Waals surface area contributed by atoms with E-state index in [9.17, 15) is 8.78 Å². The van der Waals surface area contributed by atoms with Crippen molar-refractivity contribution in [2.75, 3.05) is 31.1 Å². The molecule has 4 rings (SSSR count). The van der Waals surface area contributed by atoms with Crippen LogP contribution in [0.15, 0.2) is 47.2 Å². The molecule has 1 unspecified atom stereocenters. The Morgan fingerprint density at radius 3 is 2.75 bits per heavy atom. The Hall–Kier alpha value is -1.95. The zero-order valence-electron chi connectivity index (χ0n) is 13.5. The lowest BCUT2D eigenvalue weighted by Crippen LogP contribution is -2.56. The highest BCUT2D eigenvalue weighted by Gasteiger charge is 2.59. The van der Waals surface area contributed by atoms with E-state index < -0.39 is 11.3 Å². The van der Waals surface area contributed by atoms with E-state index in [1.54, 1.807) is 12.5 Å². The second-order valence-corrected chi connectivity index (χ2v) is 6.88. The highest BCUT2D eigenvalue weighted by molar-refractivity contribution is 5.40. The molecule has 0 bridgehead atoms. The number of nitrogens with zero attached hydrogens (tertiary/aromatic N) is 3. The summed E-state index contributed by atoms with van der Waals surface area (Å²) in [6, 6.07) is 9.36. The molecule has 4 nitrogen and oxygen atoms in total. The van der Waals surface area contributed by atoms with E-state index in [-0.39, 0.29) is 6.42 Å². The average molecular weight is 333 g/mol. The molecule has 0 saturated carbocycles. The minimum atomic E-state index is -2.64. The first-order valence-corrected chi connectivity index (χ1v) is 8.37. The van der Waals surface area contributed by atoms with Crippen LogP contribution in [0.3, 0.4) is 0 Å². The molecule has 2 saturated heterocycles. The minimum absolute atomic E-state index is 0.0935. The van der Waals surface area contributed by atoms with E-state index in [0.29, 0.717) is 39.1 Å². The number of halogens is 2. The molecule has 2 aromatic heterocycles. The molecule has 1 atom stereocenters. The highest BCUT2D eigenvalue weighted by Crippen LogP contribution is 2.50. The Bertz CT molecular complexity index is 677. The molecule has 1 spiro atoms. The maximum absolute atomic E-state index is 14.8. The van der Waals surface area contributed by atoms with Gasteiger partial charge in [-0.2, -0.15) is 0 Å². The second kappa shape index (κ2) is 5.84. The number of hydrogen-bond acceptors (Lipinski definition) is 4. The van der Waals surface area contributed by atoms with Crippen molar-refractivity contribution in [3.05, 3.63) is 48.6 Å². The number of rotatable bonds is 3. The van der Waals surface area contributed by atoms with Crippen LogP contribution in [0.4, 0.5) is 14.6 Å². The standard InChI is InChI=1S/C18H21F2N3O/c19-18(20)7-9-22(12-15-4-3-11-24-15)13-17(18)6-10-23(14-17)16-5-1-2-8-21-16/h1-5,8,11H,6-7,9-10,12-14H2. The summed E-state index contributed by atoms with van der Waals surface area (Å²) in [6.45, 7) is 2.37. The zero-order chi connectivity index (χ0) is 16.6. The SMILES string of the molecule is FC1(F)CCN(Cc2ccco2)CC12CCN(c1ccccn1)C2. The molecule has 0 amide bonds. The number of aromatic nitrogens is 1. The van der Waals surface area contributed by atoms with Crippen LogP contribution in [-0.4, -0.2) is 42.0 Å². The van der Waals surface area contributed by atoms with Crippen LogP contribution < -0.4 is 4.90 Å². The summed E-state index contributed by atoms with van der Waals surface area (Å²) < 4.78 is 35.0. The van der Waals surface area contributed by atoms with Gasteiger partial charge in [-0.25, -0.2) is 13.8 Å². The van der Waals surface area contributed by atoms with Crippen LogP contribution >= 0.6 is 0 Å². The molecule has 2 aliphatic rings. The second-order valence-electron chi connectivity index (χ2n) is 6.88. The van der Waals surface area contributed by atoms with Crippen molar-refractivity contribution in [3.63, 3.8) is 0 Å². The monoisotopic (exact) mass is 333 g/mol. The van der Waals surface area contributed by atoms with E-state index >= 15 is 0 Å². The maximum atomic E-state index is 14.8. The van der Waals surface area contributed by atoms with Gasteiger partial charge < -0.3 is 9.32 Å². The van der Waals surface area contributed by atoms with Crippen LogP contribution in [0.5, 0.6) is 0 Å². The summed E-state index contributed by atoms with van der Waals surface area (Å²) >= 11 is 0. The molecular weight excluding hydrogens is 312 g/mol. The van der Waals surface area contributed by atoms with Gasteiger partial charge in [0.25, 0.3) is 5.92 Å². The Balaban J connectivity index is 1.53. The van der Waals surface area contributed by atoms with Gasteiger partial charge in [0.05, 0.1) is 18.2 Å². The van der Waals surface area contributed by atoms with Crippen LogP contribution in [0.2, 0.25) is 0 Å². The van der Waals surface area contributed by atoms with Crippen molar-refractivity contribution >= 4 is 5.82 Å². The summed E-state index contributed by atoms with van der Waals surface area (Å²) in [5, 5.41) is 0. The van der Waals surface area contributed by atoms with E-state index in [1.165, 1.54) is 0 Å². The third kappa shape index (κ3) is 2.69. The fourth-order valence-corrected chi connectivity index (χ4v) is 3.98. The molecule has 24 heavy (non-hydrogen) atoms. The van der Waals surface area contributed by atoms with Crippen molar-refractivity contribution in [1.29, 1.82) is 0 Å². The van der Waals surface area contributed by atoms with Gasteiger partial charge in [0.1, 0.15) is 11.6 Å². The predicted molar refractivity (Wildman–Crippen MR) is 87.0 cm³/mol. The Kier molecular flexibility index (Phi) is 3.79. The summed E-state index contributed by atoms with van der Waals surface area (Å²) in [5.41, 5.74) is -1.00. The Morgan fingerprint density at radius 2 is 2.00 bits per heavy atom. The fraction of sp³-hybridized carbons (Fsp3) is 0.500. The number of furan rings is 1. The quantitative estimate of drug-likeness (QED) is 0.862. The van der Waals surface area contributed by atoms with E-state index in [4.69, 9.17) is 4.42 Å². The van der Waals surface area contributed by atoms with E-state index in [0.717, 1.165) is 11.6 Å². The smallest absolute Gasteiger partial charge is 0.257 e. The summed E-state index contributed by atoms with van der Waals surface area (Å²) in [6.07, 6.45) is 3.74. The first-order chi connectivity index (χ1) is 11.6. The maximum Gasteiger partial charge on any atom is 0.257 e. The summed E-state index contributed by atoms with van der Waals surface area (Å²) in [7, 11) is 0. The van der Waals surface area contributed by atoms with Gasteiger partial charge in [-0.3, -0.25) is 4.90 Å². The van der Waals surface area contributed by atoms with Crippen LogP contribution in [0, 0.1) is 5.41 Å². The van der Waals surface area contributed by atoms with Gasteiger partial charge in [-0.05, 0) is 30.7 Å². The van der Waals surface area contributed by atoms with Crippen molar-refractivity contribution < 1.29 is 13.2 Å². The molecule has 0 aliphatic carbocycles. The number of hydrogen-bond donors (Lipinski definition) is 0. The van der Waals surface area contributed by atoms with Crippen molar-refractivity contribution in [2.24, 2.45) is 5.41 Å². The topological polar surface area (TPSA) is 32.5 Å².